The first-order chi connectivity index (χ1) is 8.13. The summed E-state index contributed by atoms with van der Waals surface area (Å²) >= 11 is 0. The van der Waals surface area contributed by atoms with E-state index in [-0.39, 0.29) is 13.0 Å². The molecule has 0 amide bonds. The van der Waals surface area contributed by atoms with Crippen LogP contribution < -0.4 is 4.74 Å². The van der Waals surface area contributed by atoms with Gasteiger partial charge in [0.15, 0.2) is 0 Å². The molecule has 0 aliphatic rings. The van der Waals surface area contributed by atoms with Crippen LogP contribution in [-0.4, -0.2) is 30.4 Å². The summed E-state index contributed by atoms with van der Waals surface area (Å²) in [5, 5.41) is 9.57. The third-order valence-corrected chi connectivity index (χ3v) is 2.23. The normalized spacial score (nSPS) is 11.9. The van der Waals surface area contributed by atoms with Crippen LogP contribution in [0, 0.1) is 6.92 Å². The smallest absolute Gasteiger partial charge is 0.308 e. The fraction of sp³-hybridized carbons (Fsp3) is 0.462. The van der Waals surface area contributed by atoms with Crippen molar-refractivity contribution in [2.45, 2.75) is 26.4 Å². The molecule has 4 nitrogen and oxygen atoms in total. The van der Waals surface area contributed by atoms with E-state index in [9.17, 15) is 9.90 Å². The topological polar surface area (TPSA) is 55.8 Å². The number of aliphatic hydroxyl groups excluding tert-OH is 1. The lowest BCUT2D eigenvalue weighted by Gasteiger charge is -2.13. The first-order valence-electron chi connectivity index (χ1n) is 5.65. The van der Waals surface area contributed by atoms with Gasteiger partial charge >= 0.3 is 5.97 Å². The highest BCUT2D eigenvalue weighted by Crippen LogP contribution is 2.16. The third-order valence-electron chi connectivity index (χ3n) is 2.23. The van der Waals surface area contributed by atoms with Crippen molar-refractivity contribution in [2.75, 3.05) is 13.2 Å². The highest BCUT2D eigenvalue weighted by atomic mass is 16.5. The summed E-state index contributed by atoms with van der Waals surface area (Å²) in [5.74, 6) is 0.309. The molecule has 1 aromatic carbocycles. The van der Waals surface area contributed by atoms with E-state index in [2.05, 4.69) is 0 Å². The summed E-state index contributed by atoms with van der Waals surface area (Å²) in [7, 11) is 0. The zero-order valence-corrected chi connectivity index (χ0v) is 10.2. The number of carbonyl (C=O) groups is 1. The molecule has 0 aliphatic carbocycles. The fourth-order valence-electron chi connectivity index (χ4n) is 1.38. The largest absolute Gasteiger partial charge is 0.491 e. The van der Waals surface area contributed by atoms with Gasteiger partial charge in [-0.25, -0.2) is 0 Å². The number of ether oxygens (including phenoxy) is 2. The van der Waals surface area contributed by atoms with E-state index >= 15 is 0 Å². The summed E-state index contributed by atoms with van der Waals surface area (Å²) in [4.78, 5) is 11.1. The highest BCUT2D eigenvalue weighted by molar-refractivity contribution is 5.69. The molecular weight excluding hydrogens is 220 g/mol. The highest BCUT2D eigenvalue weighted by Gasteiger charge is 2.12. The number of rotatable bonds is 6. The molecule has 0 fully saturated rings. The van der Waals surface area contributed by atoms with Crippen LogP contribution in [0.5, 0.6) is 5.75 Å². The predicted molar refractivity (Wildman–Crippen MR) is 63.9 cm³/mol. The van der Waals surface area contributed by atoms with Crippen LogP contribution in [-0.2, 0) is 9.53 Å². The van der Waals surface area contributed by atoms with Crippen LogP contribution in [0.15, 0.2) is 24.3 Å². The van der Waals surface area contributed by atoms with Gasteiger partial charge in [-0.05, 0) is 25.5 Å². The number of hydrogen-bond acceptors (Lipinski definition) is 4. The van der Waals surface area contributed by atoms with Crippen molar-refractivity contribution < 1.29 is 19.4 Å². The minimum Gasteiger partial charge on any atom is -0.491 e. The zero-order valence-electron chi connectivity index (χ0n) is 10.2. The molecule has 0 unspecified atom stereocenters. The van der Waals surface area contributed by atoms with Gasteiger partial charge in [0, 0.05) is 0 Å². The van der Waals surface area contributed by atoms with Crippen molar-refractivity contribution in [3.63, 3.8) is 0 Å². The first kappa shape index (κ1) is 13.5. The van der Waals surface area contributed by atoms with Gasteiger partial charge in [0.25, 0.3) is 0 Å². The number of aryl methyl sites for hydroxylation is 1. The van der Waals surface area contributed by atoms with Crippen molar-refractivity contribution in [3.05, 3.63) is 29.8 Å². The monoisotopic (exact) mass is 238 g/mol. The maximum atomic E-state index is 11.1. The van der Waals surface area contributed by atoms with E-state index in [4.69, 9.17) is 9.47 Å². The molecule has 0 aliphatic heterocycles. The van der Waals surface area contributed by atoms with E-state index in [1.54, 1.807) is 6.92 Å². The molecule has 0 bridgehead atoms. The van der Waals surface area contributed by atoms with Gasteiger partial charge in [0.05, 0.1) is 19.1 Å². The summed E-state index contributed by atoms with van der Waals surface area (Å²) in [6.45, 7) is 4.06. The van der Waals surface area contributed by atoms with E-state index in [0.717, 1.165) is 11.3 Å². The molecule has 1 atom stereocenters. The van der Waals surface area contributed by atoms with Gasteiger partial charge in [-0.15, -0.1) is 0 Å². The quantitative estimate of drug-likeness (QED) is 0.766. The van der Waals surface area contributed by atoms with Gasteiger partial charge < -0.3 is 14.6 Å². The van der Waals surface area contributed by atoms with E-state index in [1.807, 2.05) is 31.2 Å². The van der Waals surface area contributed by atoms with Gasteiger partial charge in [0.1, 0.15) is 12.4 Å². The second kappa shape index (κ2) is 6.91. The van der Waals surface area contributed by atoms with Gasteiger partial charge in [-0.1, -0.05) is 18.2 Å². The van der Waals surface area contributed by atoms with Crippen molar-refractivity contribution in [1.82, 2.24) is 0 Å². The van der Waals surface area contributed by atoms with E-state index in [1.165, 1.54) is 0 Å². The number of carbonyl (C=O) groups excluding carboxylic acids is 1. The lowest BCUT2D eigenvalue weighted by atomic mass is 10.2. The summed E-state index contributed by atoms with van der Waals surface area (Å²) < 4.78 is 10.2. The zero-order chi connectivity index (χ0) is 12.7. The maximum absolute atomic E-state index is 11.1. The minimum atomic E-state index is -0.839. The molecule has 0 heterocycles. The van der Waals surface area contributed by atoms with Crippen LogP contribution in [0.1, 0.15) is 18.9 Å². The summed E-state index contributed by atoms with van der Waals surface area (Å²) in [5.41, 5.74) is 0.996. The molecule has 0 radical (unpaired) electrons. The van der Waals surface area contributed by atoms with Crippen LogP contribution in [0.4, 0.5) is 0 Å². The van der Waals surface area contributed by atoms with Crippen LogP contribution in [0.3, 0.4) is 0 Å². The standard InChI is InChI=1S/C13H18O4/c1-3-16-13(15)8-11(14)9-17-12-7-5-4-6-10(12)2/h4-7,11,14H,3,8-9H2,1-2H3/t11-/m1/s1. The molecule has 17 heavy (non-hydrogen) atoms. The van der Waals surface area contributed by atoms with Crippen LogP contribution >= 0.6 is 0 Å². The Morgan fingerprint density at radius 3 is 2.76 bits per heavy atom. The van der Waals surface area contributed by atoms with Gasteiger partial charge in [-0.3, -0.25) is 4.79 Å². The van der Waals surface area contributed by atoms with Crippen molar-refractivity contribution in [2.24, 2.45) is 0 Å². The average molecular weight is 238 g/mol. The number of para-hydroxylation sites is 1. The van der Waals surface area contributed by atoms with E-state index in [0.29, 0.717) is 6.61 Å². The first-order valence-corrected chi connectivity index (χ1v) is 5.65. The molecule has 0 aromatic heterocycles. The molecular formula is C13H18O4. The molecule has 1 aromatic rings. The van der Waals surface area contributed by atoms with Crippen molar-refractivity contribution in [3.8, 4) is 5.75 Å². The second-order valence-corrected chi connectivity index (χ2v) is 3.74. The van der Waals surface area contributed by atoms with Crippen LogP contribution in [0.25, 0.3) is 0 Å². The summed E-state index contributed by atoms with van der Waals surface area (Å²) in [6, 6.07) is 7.52. The number of benzene rings is 1. The average Bonchev–Trinajstić information content (AvgIpc) is 2.28. The second-order valence-electron chi connectivity index (χ2n) is 3.74. The Balaban J connectivity index is 2.35. The molecule has 0 spiro atoms. The number of esters is 1. The Morgan fingerprint density at radius 1 is 1.41 bits per heavy atom. The molecule has 94 valence electrons. The Labute approximate surface area is 101 Å². The van der Waals surface area contributed by atoms with Gasteiger partial charge in [0.2, 0.25) is 0 Å². The van der Waals surface area contributed by atoms with Gasteiger partial charge in [-0.2, -0.15) is 0 Å². The molecule has 1 N–H and O–H groups in total. The number of aliphatic hydroxyl groups is 1. The Bertz CT molecular complexity index is 362. The molecule has 1 rings (SSSR count). The molecule has 0 saturated carbocycles. The van der Waals surface area contributed by atoms with Crippen LogP contribution in [0.2, 0.25) is 0 Å². The Morgan fingerprint density at radius 2 is 2.12 bits per heavy atom. The predicted octanol–water partition coefficient (Wildman–Crippen LogP) is 1.69. The number of hydrogen-bond donors (Lipinski definition) is 1. The third kappa shape index (κ3) is 4.87. The molecule has 0 saturated heterocycles. The van der Waals surface area contributed by atoms with E-state index < -0.39 is 12.1 Å². The lowest BCUT2D eigenvalue weighted by molar-refractivity contribution is -0.145. The molecule has 4 heteroatoms. The minimum absolute atomic E-state index is 0.0419. The lowest BCUT2D eigenvalue weighted by Crippen LogP contribution is -2.22. The van der Waals surface area contributed by atoms with Crippen molar-refractivity contribution in [1.29, 1.82) is 0 Å². The summed E-state index contributed by atoms with van der Waals surface area (Å²) in [6.07, 6.45) is -0.881. The Kier molecular flexibility index (Phi) is 5.49. The fourth-order valence-corrected chi connectivity index (χ4v) is 1.38. The SMILES string of the molecule is CCOC(=O)C[C@@H](O)COc1ccccc1C. The Hall–Kier alpha value is -1.55. The maximum Gasteiger partial charge on any atom is 0.308 e. The van der Waals surface area contributed by atoms with Crippen molar-refractivity contribution >= 4 is 5.97 Å².